The highest BCUT2D eigenvalue weighted by Gasteiger charge is 2.32. The third kappa shape index (κ3) is 3.77. The lowest BCUT2D eigenvalue weighted by atomic mass is 10.0. The summed E-state index contributed by atoms with van der Waals surface area (Å²) < 4.78 is 12.2. The zero-order valence-corrected chi connectivity index (χ0v) is 18.9. The summed E-state index contributed by atoms with van der Waals surface area (Å²) in [6.07, 6.45) is 2.08. The van der Waals surface area contributed by atoms with Crippen molar-refractivity contribution in [2.24, 2.45) is 0 Å². The van der Waals surface area contributed by atoms with Crippen molar-refractivity contribution in [1.82, 2.24) is 20.2 Å². The molecular formula is C21H24N4O6S. The number of thiophene rings is 1. The standard InChI is InChI=1S/C21H24N4O6S/c1-4-11-15(19(27)30-5-2)12(23-21(29)22-11)9-31-20(28)16-10(3)14-17(32-16)24-13-7-6-8-25(13)18(14)26/h11H,4-9H2,1-3H3,(H2,22,23,29)/t11-/m0/s1. The van der Waals surface area contributed by atoms with Crippen molar-refractivity contribution < 1.29 is 23.9 Å². The summed E-state index contributed by atoms with van der Waals surface area (Å²) in [6.45, 7) is 5.69. The molecule has 2 aromatic rings. The molecule has 2 aromatic heterocycles. The van der Waals surface area contributed by atoms with E-state index in [1.165, 1.54) is 0 Å². The second-order valence-corrected chi connectivity index (χ2v) is 8.57. The van der Waals surface area contributed by atoms with E-state index >= 15 is 0 Å². The van der Waals surface area contributed by atoms with E-state index in [2.05, 4.69) is 15.6 Å². The van der Waals surface area contributed by atoms with Crippen molar-refractivity contribution in [3.8, 4) is 0 Å². The van der Waals surface area contributed by atoms with Crippen molar-refractivity contribution in [2.45, 2.75) is 52.6 Å². The predicted molar refractivity (Wildman–Crippen MR) is 117 cm³/mol. The molecule has 32 heavy (non-hydrogen) atoms. The third-order valence-corrected chi connectivity index (χ3v) is 6.76. The van der Waals surface area contributed by atoms with Gasteiger partial charge in [-0.2, -0.15) is 0 Å². The monoisotopic (exact) mass is 460 g/mol. The van der Waals surface area contributed by atoms with Gasteiger partial charge >= 0.3 is 18.0 Å². The van der Waals surface area contributed by atoms with Crippen LogP contribution in [0.3, 0.4) is 0 Å². The van der Waals surface area contributed by atoms with Crippen LogP contribution < -0.4 is 16.2 Å². The van der Waals surface area contributed by atoms with Crippen LogP contribution in [0.15, 0.2) is 16.1 Å². The van der Waals surface area contributed by atoms with Gasteiger partial charge in [-0.25, -0.2) is 19.4 Å². The number of fused-ring (bicyclic) bond motifs is 2. The minimum atomic E-state index is -0.647. The Labute approximate surface area is 187 Å². The highest BCUT2D eigenvalue weighted by atomic mass is 32.1. The van der Waals surface area contributed by atoms with Crippen LogP contribution in [0.25, 0.3) is 10.2 Å². The summed E-state index contributed by atoms with van der Waals surface area (Å²) in [5.74, 6) is -0.495. The fourth-order valence-corrected chi connectivity index (χ4v) is 5.13. The van der Waals surface area contributed by atoms with Crippen LogP contribution in [-0.2, 0) is 27.2 Å². The van der Waals surface area contributed by atoms with E-state index < -0.39 is 24.0 Å². The van der Waals surface area contributed by atoms with E-state index in [4.69, 9.17) is 9.47 Å². The Bertz CT molecular complexity index is 1210. The summed E-state index contributed by atoms with van der Waals surface area (Å²) in [5, 5.41) is 5.64. The molecule has 2 aliphatic rings. The second-order valence-electron chi connectivity index (χ2n) is 7.57. The van der Waals surface area contributed by atoms with Crippen LogP contribution in [-0.4, -0.2) is 46.8 Å². The number of nitrogens with zero attached hydrogens (tertiary/aromatic N) is 2. The molecule has 0 saturated carbocycles. The minimum Gasteiger partial charge on any atom is -0.463 e. The van der Waals surface area contributed by atoms with Gasteiger partial charge in [-0.15, -0.1) is 11.3 Å². The molecular weight excluding hydrogens is 436 g/mol. The number of esters is 2. The van der Waals surface area contributed by atoms with Crippen molar-refractivity contribution in [1.29, 1.82) is 0 Å². The molecule has 0 unspecified atom stereocenters. The molecule has 0 aliphatic carbocycles. The average Bonchev–Trinajstić information content (AvgIpc) is 3.36. The number of ether oxygens (including phenoxy) is 2. The van der Waals surface area contributed by atoms with Crippen molar-refractivity contribution in [3.05, 3.63) is 37.9 Å². The maximum atomic E-state index is 12.9. The summed E-state index contributed by atoms with van der Waals surface area (Å²) in [7, 11) is 0. The lowest BCUT2D eigenvalue weighted by Crippen LogP contribution is -2.51. The second kappa shape index (κ2) is 8.73. The smallest absolute Gasteiger partial charge is 0.349 e. The largest absolute Gasteiger partial charge is 0.463 e. The Morgan fingerprint density at radius 3 is 2.72 bits per heavy atom. The number of hydrogen-bond donors (Lipinski definition) is 2. The fourth-order valence-electron chi connectivity index (χ4n) is 4.05. The first-order valence-corrected chi connectivity index (χ1v) is 11.3. The number of rotatable bonds is 6. The van der Waals surface area contributed by atoms with E-state index in [1.54, 1.807) is 18.4 Å². The molecule has 0 aromatic carbocycles. The third-order valence-electron chi connectivity index (χ3n) is 5.59. The molecule has 0 radical (unpaired) electrons. The quantitative estimate of drug-likeness (QED) is 0.629. The van der Waals surface area contributed by atoms with Gasteiger partial charge in [0.15, 0.2) is 0 Å². The summed E-state index contributed by atoms with van der Waals surface area (Å²) >= 11 is 1.11. The molecule has 2 N–H and O–H groups in total. The van der Waals surface area contributed by atoms with E-state index in [9.17, 15) is 19.2 Å². The van der Waals surface area contributed by atoms with Gasteiger partial charge in [0.05, 0.1) is 29.3 Å². The van der Waals surface area contributed by atoms with Gasteiger partial charge in [-0.1, -0.05) is 6.92 Å². The zero-order valence-electron chi connectivity index (χ0n) is 18.1. The van der Waals surface area contributed by atoms with E-state index in [1.807, 2.05) is 6.92 Å². The molecule has 0 spiro atoms. The number of carbonyl (C=O) groups excluding carboxylic acids is 3. The lowest BCUT2D eigenvalue weighted by molar-refractivity contribution is -0.139. The lowest BCUT2D eigenvalue weighted by Gasteiger charge is -2.28. The number of aromatic nitrogens is 2. The molecule has 2 aliphatic heterocycles. The first-order valence-electron chi connectivity index (χ1n) is 10.5. The fraction of sp³-hybridized carbons (Fsp3) is 0.476. The number of hydrogen-bond acceptors (Lipinski definition) is 8. The first-order chi connectivity index (χ1) is 15.3. The number of urea groups is 1. The van der Waals surface area contributed by atoms with Gasteiger partial charge in [-0.05, 0) is 32.3 Å². The topological polar surface area (TPSA) is 129 Å². The Balaban J connectivity index is 1.62. The zero-order chi connectivity index (χ0) is 23.0. The van der Waals surface area contributed by atoms with E-state index in [-0.39, 0.29) is 34.9 Å². The Kier molecular flexibility index (Phi) is 6.00. The Morgan fingerprint density at radius 2 is 2.00 bits per heavy atom. The summed E-state index contributed by atoms with van der Waals surface area (Å²) in [6, 6.07) is -1.03. The van der Waals surface area contributed by atoms with Crippen LogP contribution in [0, 0.1) is 6.92 Å². The number of aryl methyl sites for hydroxylation is 2. The van der Waals surface area contributed by atoms with Crippen LogP contribution >= 0.6 is 11.3 Å². The molecule has 1 atom stereocenters. The van der Waals surface area contributed by atoms with Crippen LogP contribution in [0.2, 0.25) is 0 Å². The van der Waals surface area contributed by atoms with Crippen LogP contribution in [0.1, 0.15) is 47.7 Å². The van der Waals surface area contributed by atoms with E-state index in [0.717, 1.165) is 30.0 Å². The van der Waals surface area contributed by atoms with Gasteiger partial charge in [0, 0.05) is 13.0 Å². The van der Waals surface area contributed by atoms with Crippen molar-refractivity contribution >= 4 is 39.5 Å². The number of amides is 2. The van der Waals surface area contributed by atoms with Crippen molar-refractivity contribution in [3.63, 3.8) is 0 Å². The molecule has 10 nitrogen and oxygen atoms in total. The first kappa shape index (κ1) is 22.0. The molecule has 0 fully saturated rings. The highest BCUT2D eigenvalue weighted by Crippen LogP contribution is 2.29. The average molecular weight is 461 g/mol. The molecule has 2 amide bonds. The maximum absolute atomic E-state index is 12.9. The molecule has 0 saturated heterocycles. The van der Waals surface area contributed by atoms with Crippen LogP contribution in [0.4, 0.5) is 4.79 Å². The number of carbonyl (C=O) groups is 3. The molecule has 11 heteroatoms. The van der Waals surface area contributed by atoms with E-state index in [0.29, 0.717) is 28.7 Å². The Hall–Kier alpha value is -3.21. The maximum Gasteiger partial charge on any atom is 0.349 e. The molecule has 4 heterocycles. The van der Waals surface area contributed by atoms with Gasteiger partial charge in [-0.3, -0.25) is 9.36 Å². The number of nitrogens with one attached hydrogen (secondary N) is 2. The van der Waals surface area contributed by atoms with Crippen molar-refractivity contribution in [2.75, 3.05) is 13.2 Å². The van der Waals surface area contributed by atoms with Gasteiger partial charge < -0.3 is 20.1 Å². The van der Waals surface area contributed by atoms with Gasteiger partial charge in [0.2, 0.25) is 0 Å². The SMILES string of the molecule is CCOC(=O)C1=C(COC(=O)c2sc3nc4n(c(=O)c3c2C)CCC4)NC(=O)N[C@H]1CC. The molecule has 4 rings (SSSR count). The van der Waals surface area contributed by atoms with Gasteiger partial charge in [0.1, 0.15) is 22.1 Å². The normalized spacial score (nSPS) is 17.7. The molecule has 170 valence electrons. The van der Waals surface area contributed by atoms with Crippen LogP contribution in [0.5, 0.6) is 0 Å². The molecule has 0 bridgehead atoms. The Morgan fingerprint density at radius 1 is 1.22 bits per heavy atom. The predicted octanol–water partition coefficient (Wildman–Crippen LogP) is 1.78. The summed E-state index contributed by atoms with van der Waals surface area (Å²) in [4.78, 5) is 55.5. The van der Waals surface area contributed by atoms with Gasteiger partial charge in [0.25, 0.3) is 5.56 Å². The highest BCUT2D eigenvalue weighted by molar-refractivity contribution is 7.20. The minimum absolute atomic E-state index is 0.140. The summed E-state index contributed by atoms with van der Waals surface area (Å²) in [5.41, 5.74) is 0.795.